The molecule has 0 radical (unpaired) electrons. The number of ether oxygens (including phenoxy) is 2. The van der Waals surface area contributed by atoms with Gasteiger partial charge in [0.05, 0.1) is 19.8 Å². The molecule has 12 nitrogen and oxygen atoms in total. The maximum Gasteiger partial charge on any atom is 0.328 e. The Bertz CT molecular complexity index is 1140. The molecular weight excluding hydrogens is 683 g/mol. The van der Waals surface area contributed by atoms with Crippen molar-refractivity contribution in [2.45, 2.75) is 31.6 Å². The van der Waals surface area contributed by atoms with Gasteiger partial charge in [0.1, 0.15) is 0 Å². The van der Waals surface area contributed by atoms with Crippen molar-refractivity contribution >= 4 is 71.6 Å². The van der Waals surface area contributed by atoms with Gasteiger partial charge < -0.3 is 41.4 Å². The summed E-state index contributed by atoms with van der Waals surface area (Å²) in [5.74, 6) is -0.636. The van der Waals surface area contributed by atoms with Gasteiger partial charge in [0.2, 0.25) is 0 Å². The van der Waals surface area contributed by atoms with Crippen molar-refractivity contribution < 1.29 is 40.3 Å². The zero-order valence-electron chi connectivity index (χ0n) is 26.4. The molecule has 2 aromatic rings. The minimum Gasteiger partial charge on any atom is -0.468 e. The van der Waals surface area contributed by atoms with Crippen LogP contribution in [-0.2, 0) is 25.5 Å². The minimum atomic E-state index is -1.04. The van der Waals surface area contributed by atoms with Gasteiger partial charge in [0.25, 0.3) is 11.8 Å². The molecule has 0 bridgehead atoms. The van der Waals surface area contributed by atoms with Crippen molar-refractivity contribution in [1.82, 2.24) is 9.80 Å². The third-order valence-corrected chi connectivity index (χ3v) is 8.24. The number of carbonyl (C=O) groups is 3. The van der Waals surface area contributed by atoms with Crippen LogP contribution in [0.15, 0.2) is 48.5 Å². The van der Waals surface area contributed by atoms with E-state index in [-0.39, 0.29) is 59.8 Å². The van der Waals surface area contributed by atoms with Gasteiger partial charge in [-0.05, 0) is 62.2 Å². The van der Waals surface area contributed by atoms with Crippen molar-refractivity contribution in [2.75, 3.05) is 70.2 Å². The van der Waals surface area contributed by atoms with Crippen LogP contribution in [0.3, 0.4) is 0 Å². The van der Waals surface area contributed by atoms with Crippen molar-refractivity contribution in [2.24, 2.45) is 5.73 Å². The first-order valence-electron chi connectivity index (χ1n) is 13.9. The molecule has 264 valence electrons. The highest BCUT2D eigenvalue weighted by molar-refractivity contribution is 8.01. The Balaban J connectivity index is -0.00000370. The zero-order chi connectivity index (χ0) is 29.8. The Morgan fingerprint density at radius 1 is 0.957 bits per heavy atom. The number of nitrogens with two attached hydrogens (primary N) is 1. The number of halogens is 3. The first kappa shape index (κ1) is 48.2. The summed E-state index contributed by atoms with van der Waals surface area (Å²) in [5.41, 5.74) is 7.99. The first-order valence-corrected chi connectivity index (χ1v) is 15.3. The number of thioether (sulfide) groups is 1. The third-order valence-electron chi connectivity index (χ3n) is 6.79. The number of anilines is 1. The molecule has 2 amide bonds. The Morgan fingerprint density at radius 3 is 2.07 bits per heavy atom. The maximum atomic E-state index is 13.5. The SMILES string of the molecule is COC(=O)[C@H](SCCN)C(=O)N(CCOC(C)C)c1ccc(C(=O)N2CCN(CCc3ccc(Cl)cc3)CC2)cc1.Cl.Cl.O.O.O. The summed E-state index contributed by atoms with van der Waals surface area (Å²) >= 11 is 7.13. The molecule has 0 spiro atoms. The average Bonchev–Trinajstić information content (AvgIpc) is 2.99. The lowest BCUT2D eigenvalue weighted by atomic mass is 10.1. The van der Waals surface area contributed by atoms with E-state index in [1.807, 2.05) is 43.0 Å². The molecule has 1 aliphatic rings. The summed E-state index contributed by atoms with van der Waals surface area (Å²) in [6.07, 6.45) is 0.929. The van der Waals surface area contributed by atoms with Gasteiger partial charge in [-0.2, -0.15) is 0 Å². The predicted molar refractivity (Wildman–Crippen MR) is 190 cm³/mol. The van der Waals surface area contributed by atoms with Crippen LogP contribution >= 0.6 is 48.2 Å². The Kier molecular flexibility index (Phi) is 26.1. The highest BCUT2D eigenvalue weighted by Crippen LogP contribution is 2.23. The lowest BCUT2D eigenvalue weighted by Gasteiger charge is -2.35. The predicted octanol–water partition coefficient (Wildman–Crippen LogP) is 1.70. The zero-order valence-corrected chi connectivity index (χ0v) is 29.6. The van der Waals surface area contributed by atoms with E-state index < -0.39 is 17.1 Å². The number of carbonyl (C=O) groups excluding carboxylic acids is 3. The molecule has 1 saturated heterocycles. The van der Waals surface area contributed by atoms with Gasteiger partial charge in [-0.1, -0.05) is 23.7 Å². The van der Waals surface area contributed by atoms with Gasteiger partial charge in [0, 0.05) is 67.8 Å². The lowest BCUT2D eigenvalue weighted by Crippen LogP contribution is -2.49. The number of methoxy groups -OCH3 is 1. The van der Waals surface area contributed by atoms with Gasteiger partial charge in [-0.3, -0.25) is 19.3 Å². The standard InChI is InChI=1S/C30H41ClN4O5S.2ClH.3H2O/c1-22(2)40-20-19-35(29(37)27(30(38)39-3)41-21-13-32)26-10-6-24(7-11-26)28(36)34-17-15-33(16-18-34)14-12-23-4-8-25(31)9-5-23;;;;;/h4-11,22,27H,12-21,32H2,1-3H3;2*1H;3*1H2/t27-;;;;;/m1...../s1. The van der Waals surface area contributed by atoms with Crippen molar-refractivity contribution in [3.8, 4) is 0 Å². The fraction of sp³-hybridized carbons (Fsp3) is 0.500. The average molecular weight is 732 g/mol. The van der Waals surface area contributed by atoms with Crippen LogP contribution in [0, 0.1) is 0 Å². The van der Waals surface area contributed by atoms with E-state index >= 15 is 0 Å². The van der Waals surface area contributed by atoms with E-state index in [9.17, 15) is 14.4 Å². The second kappa shape index (κ2) is 24.9. The van der Waals surface area contributed by atoms with Crippen molar-refractivity contribution in [3.05, 3.63) is 64.7 Å². The largest absolute Gasteiger partial charge is 0.468 e. The number of hydrogen-bond acceptors (Lipinski definition) is 8. The normalized spacial score (nSPS) is 13.0. The van der Waals surface area contributed by atoms with Crippen LogP contribution in [0.5, 0.6) is 0 Å². The number of esters is 1. The summed E-state index contributed by atoms with van der Waals surface area (Å²) in [5, 5.41) is -0.305. The summed E-state index contributed by atoms with van der Waals surface area (Å²) in [7, 11) is 1.26. The van der Waals surface area contributed by atoms with Crippen LogP contribution in [0.2, 0.25) is 5.02 Å². The van der Waals surface area contributed by atoms with E-state index in [4.69, 9.17) is 26.8 Å². The van der Waals surface area contributed by atoms with Crippen molar-refractivity contribution in [3.63, 3.8) is 0 Å². The van der Waals surface area contributed by atoms with Crippen LogP contribution in [-0.4, -0.2) is 121 Å². The monoisotopic (exact) mass is 730 g/mol. The molecule has 1 fully saturated rings. The molecule has 3 rings (SSSR count). The van der Waals surface area contributed by atoms with Gasteiger partial charge in [-0.25, -0.2) is 0 Å². The molecule has 0 unspecified atom stereocenters. The number of hydrogen-bond donors (Lipinski definition) is 1. The second-order valence-corrected chi connectivity index (χ2v) is 11.7. The van der Waals surface area contributed by atoms with Crippen LogP contribution in [0.25, 0.3) is 0 Å². The fourth-order valence-corrected chi connectivity index (χ4v) is 5.50. The molecule has 1 heterocycles. The highest BCUT2D eigenvalue weighted by atomic mass is 35.5. The quantitative estimate of drug-likeness (QED) is 0.224. The summed E-state index contributed by atoms with van der Waals surface area (Å²) in [6, 6.07) is 14.9. The van der Waals surface area contributed by atoms with Crippen LogP contribution in [0.1, 0.15) is 29.8 Å². The molecule has 0 saturated carbocycles. The smallest absolute Gasteiger partial charge is 0.328 e. The van der Waals surface area contributed by atoms with E-state index in [1.54, 1.807) is 24.3 Å². The molecular formula is C30H49Cl3N4O8S. The molecule has 0 aromatic heterocycles. The first-order chi connectivity index (χ1) is 19.7. The van der Waals surface area contributed by atoms with E-state index in [0.29, 0.717) is 43.2 Å². The molecule has 1 aliphatic heterocycles. The number of benzene rings is 2. The van der Waals surface area contributed by atoms with Crippen LogP contribution < -0.4 is 10.6 Å². The van der Waals surface area contributed by atoms with Crippen LogP contribution in [0.4, 0.5) is 5.69 Å². The summed E-state index contributed by atoms with van der Waals surface area (Å²) in [6.45, 7) is 8.56. The maximum absolute atomic E-state index is 13.5. The molecule has 2 aromatic carbocycles. The molecule has 0 aliphatic carbocycles. The number of nitrogens with zero attached hydrogens (tertiary/aromatic N) is 3. The number of piperazine rings is 1. The van der Waals surface area contributed by atoms with Gasteiger partial charge in [-0.15, -0.1) is 36.6 Å². The molecule has 46 heavy (non-hydrogen) atoms. The lowest BCUT2D eigenvalue weighted by molar-refractivity contribution is -0.142. The van der Waals surface area contributed by atoms with Gasteiger partial charge >= 0.3 is 5.97 Å². The topological polar surface area (TPSA) is 200 Å². The fourth-order valence-electron chi connectivity index (χ4n) is 4.50. The van der Waals surface area contributed by atoms with E-state index in [1.165, 1.54) is 17.6 Å². The number of amides is 2. The second-order valence-electron chi connectivity index (χ2n) is 10.0. The molecule has 8 N–H and O–H groups in total. The van der Waals surface area contributed by atoms with E-state index in [0.717, 1.165) is 42.8 Å². The third kappa shape index (κ3) is 14.7. The Morgan fingerprint density at radius 2 is 1.54 bits per heavy atom. The van der Waals surface area contributed by atoms with Crippen molar-refractivity contribution in [1.29, 1.82) is 0 Å². The Labute approximate surface area is 293 Å². The summed E-state index contributed by atoms with van der Waals surface area (Å²) < 4.78 is 10.6. The molecule has 16 heteroatoms. The highest BCUT2D eigenvalue weighted by Gasteiger charge is 2.33. The van der Waals surface area contributed by atoms with E-state index in [2.05, 4.69) is 4.90 Å². The Hall–Kier alpha value is -2.17. The van der Waals surface area contributed by atoms with Gasteiger partial charge in [0.15, 0.2) is 5.25 Å². The number of rotatable bonds is 14. The summed E-state index contributed by atoms with van der Waals surface area (Å²) in [4.78, 5) is 44.9. The minimum absolute atomic E-state index is 0. The molecule has 1 atom stereocenters.